The number of nitrogens with zero attached hydrogens (tertiary/aromatic N) is 1. The fourth-order valence-electron chi connectivity index (χ4n) is 2.45. The molecule has 2 atom stereocenters. The number of ether oxygens (including phenoxy) is 1. The second-order valence-electron chi connectivity index (χ2n) is 5.02. The Morgan fingerprint density at radius 1 is 1.56 bits per heavy atom. The molecule has 18 heavy (non-hydrogen) atoms. The van der Waals surface area contributed by atoms with Crippen molar-refractivity contribution in [2.75, 3.05) is 33.4 Å². The maximum absolute atomic E-state index is 9.48. The van der Waals surface area contributed by atoms with E-state index in [4.69, 9.17) is 16.3 Å². The van der Waals surface area contributed by atoms with Crippen molar-refractivity contribution in [3.63, 3.8) is 0 Å². The van der Waals surface area contributed by atoms with Crippen molar-refractivity contribution in [1.82, 2.24) is 4.90 Å². The van der Waals surface area contributed by atoms with E-state index in [2.05, 4.69) is 11.9 Å². The molecular formula is C14H20ClNO2. The van der Waals surface area contributed by atoms with Crippen molar-refractivity contribution in [1.29, 1.82) is 0 Å². The van der Waals surface area contributed by atoms with Crippen LogP contribution in [0.4, 0.5) is 0 Å². The molecule has 1 aromatic rings. The van der Waals surface area contributed by atoms with Crippen LogP contribution < -0.4 is 4.74 Å². The van der Waals surface area contributed by atoms with Gasteiger partial charge in [0, 0.05) is 24.1 Å². The molecule has 4 heteroatoms. The number of likely N-dealkylation sites (tertiary alicyclic amines) is 1. The Morgan fingerprint density at radius 2 is 2.39 bits per heavy atom. The molecule has 1 saturated heterocycles. The smallest absolute Gasteiger partial charge is 0.120 e. The van der Waals surface area contributed by atoms with Crippen LogP contribution in [0.3, 0.4) is 0 Å². The molecule has 0 bridgehead atoms. The van der Waals surface area contributed by atoms with Crippen molar-refractivity contribution >= 4 is 11.6 Å². The molecule has 1 N–H and O–H groups in total. The molecule has 0 aliphatic carbocycles. The lowest BCUT2D eigenvalue weighted by Gasteiger charge is -2.21. The SMILES string of the molecule is CN1CCC(C(CO)COc2cccc(Cl)c2)C1. The fourth-order valence-corrected chi connectivity index (χ4v) is 2.63. The molecule has 0 radical (unpaired) electrons. The second kappa shape index (κ2) is 6.41. The van der Waals surface area contributed by atoms with Crippen LogP contribution >= 0.6 is 11.6 Å². The summed E-state index contributed by atoms with van der Waals surface area (Å²) >= 11 is 5.90. The summed E-state index contributed by atoms with van der Waals surface area (Å²) in [5.41, 5.74) is 0. The molecule has 1 heterocycles. The first-order valence-corrected chi connectivity index (χ1v) is 6.74. The van der Waals surface area contributed by atoms with E-state index in [1.54, 1.807) is 6.07 Å². The molecule has 1 aliphatic heterocycles. The Labute approximate surface area is 113 Å². The Hall–Kier alpha value is -0.770. The number of rotatable bonds is 5. The molecule has 1 aromatic carbocycles. The Morgan fingerprint density at radius 3 is 3.00 bits per heavy atom. The summed E-state index contributed by atoms with van der Waals surface area (Å²) in [6.45, 7) is 2.89. The van der Waals surface area contributed by atoms with E-state index in [1.165, 1.54) is 0 Å². The van der Waals surface area contributed by atoms with Gasteiger partial charge in [0.1, 0.15) is 5.75 Å². The summed E-state index contributed by atoms with van der Waals surface area (Å²) in [6, 6.07) is 7.39. The molecule has 2 rings (SSSR count). The summed E-state index contributed by atoms with van der Waals surface area (Å²) in [6.07, 6.45) is 1.14. The monoisotopic (exact) mass is 269 g/mol. The van der Waals surface area contributed by atoms with Gasteiger partial charge in [0.25, 0.3) is 0 Å². The van der Waals surface area contributed by atoms with E-state index in [9.17, 15) is 5.11 Å². The molecule has 0 aromatic heterocycles. The van der Waals surface area contributed by atoms with Crippen molar-refractivity contribution in [2.24, 2.45) is 11.8 Å². The number of aliphatic hydroxyl groups excluding tert-OH is 1. The van der Waals surface area contributed by atoms with Crippen LogP contribution in [0.15, 0.2) is 24.3 Å². The van der Waals surface area contributed by atoms with E-state index in [0.717, 1.165) is 25.3 Å². The van der Waals surface area contributed by atoms with Gasteiger partial charge in [-0.2, -0.15) is 0 Å². The van der Waals surface area contributed by atoms with Crippen LogP contribution in [0.5, 0.6) is 5.75 Å². The van der Waals surface area contributed by atoms with Crippen LogP contribution in [0.1, 0.15) is 6.42 Å². The molecule has 1 fully saturated rings. The van der Waals surface area contributed by atoms with Gasteiger partial charge in [0.15, 0.2) is 0 Å². The highest BCUT2D eigenvalue weighted by molar-refractivity contribution is 6.30. The van der Waals surface area contributed by atoms with Gasteiger partial charge in [0.05, 0.1) is 6.61 Å². The average Bonchev–Trinajstić information content (AvgIpc) is 2.77. The van der Waals surface area contributed by atoms with E-state index in [-0.39, 0.29) is 12.5 Å². The number of hydrogen-bond acceptors (Lipinski definition) is 3. The number of halogens is 1. The summed E-state index contributed by atoms with van der Waals surface area (Å²) in [7, 11) is 2.12. The molecule has 100 valence electrons. The van der Waals surface area contributed by atoms with Gasteiger partial charge in [-0.15, -0.1) is 0 Å². The quantitative estimate of drug-likeness (QED) is 0.890. The molecule has 0 saturated carbocycles. The van der Waals surface area contributed by atoms with Gasteiger partial charge in [-0.3, -0.25) is 0 Å². The zero-order valence-electron chi connectivity index (χ0n) is 10.7. The molecule has 0 spiro atoms. The molecular weight excluding hydrogens is 250 g/mol. The topological polar surface area (TPSA) is 32.7 Å². The van der Waals surface area contributed by atoms with Crippen molar-refractivity contribution in [3.05, 3.63) is 29.3 Å². The van der Waals surface area contributed by atoms with Gasteiger partial charge < -0.3 is 14.7 Å². The van der Waals surface area contributed by atoms with Crippen LogP contribution in [-0.2, 0) is 0 Å². The standard InChI is InChI=1S/C14H20ClNO2/c1-16-6-5-11(8-16)12(9-17)10-18-14-4-2-3-13(15)7-14/h2-4,7,11-12,17H,5-6,8-10H2,1H3. The third kappa shape index (κ3) is 3.61. The highest BCUT2D eigenvalue weighted by Gasteiger charge is 2.27. The zero-order valence-corrected chi connectivity index (χ0v) is 11.4. The van der Waals surface area contributed by atoms with E-state index in [1.807, 2.05) is 18.2 Å². The third-order valence-electron chi connectivity index (χ3n) is 3.59. The molecule has 0 amide bonds. The third-order valence-corrected chi connectivity index (χ3v) is 3.82. The van der Waals surface area contributed by atoms with Crippen LogP contribution in [-0.4, -0.2) is 43.4 Å². The fraction of sp³-hybridized carbons (Fsp3) is 0.571. The van der Waals surface area contributed by atoms with Gasteiger partial charge in [0.2, 0.25) is 0 Å². The van der Waals surface area contributed by atoms with Crippen LogP contribution in [0.2, 0.25) is 5.02 Å². The molecule has 3 nitrogen and oxygen atoms in total. The zero-order chi connectivity index (χ0) is 13.0. The predicted molar refractivity (Wildman–Crippen MR) is 73.1 cm³/mol. The molecule has 1 aliphatic rings. The predicted octanol–water partition coefficient (Wildman–Crippen LogP) is 2.28. The number of aliphatic hydroxyl groups is 1. The Kier molecular flexibility index (Phi) is 4.87. The minimum Gasteiger partial charge on any atom is -0.493 e. The van der Waals surface area contributed by atoms with E-state index >= 15 is 0 Å². The first kappa shape index (κ1) is 13.7. The van der Waals surface area contributed by atoms with Gasteiger partial charge in [-0.25, -0.2) is 0 Å². The van der Waals surface area contributed by atoms with Gasteiger partial charge in [-0.1, -0.05) is 17.7 Å². The van der Waals surface area contributed by atoms with Crippen molar-refractivity contribution in [3.8, 4) is 5.75 Å². The average molecular weight is 270 g/mol. The summed E-state index contributed by atoms with van der Waals surface area (Å²) < 4.78 is 5.72. The second-order valence-corrected chi connectivity index (χ2v) is 5.46. The summed E-state index contributed by atoms with van der Waals surface area (Å²) in [5, 5.41) is 10.2. The minimum atomic E-state index is 0.180. The molecule has 2 unspecified atom stereocenters. The van der Waals surface area contributed by atoms with Crippen LogP contribution in [0.25, 0.3) is 0 Å². The van der Waals surface area contributed by atoms with Crippen molar-refractivity contribution < 1.29 is 9.84 Å². The number of hydrogen-bond donors (Lipinski definition) is 1. The first-order valence-electron chi connectivity index (χ1n) is 6.37. The normalized spacial score (nSPS) is 22.1. The Bertz CT molecular complexity index is 386. The highest BCUT2D eigenvalue weighted by atomic mass is 35.5. The Balaban J connectivity index is 1.87. The maximum Gasteiger partial charge on any atom is 0.120 e. The minimum absolute atomic E-state index is 0.180. The lowest BCUT2D eigenvalue weighted by atomic mass is 9.93. The maximum atomic E-state index is 9.48. The van der Waals surface area contributed by atoms with E-state index in [0.29, 0.717) is 17.5 Å². The number of benzene rings is 1. The van der Waals surface area contributed by atoms with Gasteiger partial charge >= 0.3 is 0 Å². The largest absolute Gasteiger partial charge is 0.493 e. The van der Waals surface area contributed by atoms with E-state index < -0.39 is 0 Å². The summed E-state index contributed by atoms with van der Waals surface area (Å²) in [4.78, 5) is 2.30. The summed E-state index contributed by atoms with van der Waals surface area (Å²) in [5.74, 6) is 1.50. The lowest BCUT2D eigenvalue weighted by Crippen LogP contribution is -2.27. The van der Waals surface area contributed by atoms with Gasteiger partial charge in [-0.05, 0) is 44.1 Å². The van der Waals surface area contributed by atoms with Crippen LogP contribution in [0, 0.1) is 11.8 Å². The lowest BCUT2D eigenvalue weighted by molar-refractivity contribution is 0.120. The highest BCUT2D eigenvalue weighted by Crippen LogP contribution is 2.25. The van der Waals surface area contributed by atoms with Crippen molar-refractivity contribution in [2.45, 2.75) is 6.42 Å². The first-order chi connectivity index (χ1) is 8.69.